The molecular weight excluding hydrogens is 284 g/mol. The molecule has 0 atom stereocenters. The molecule has 2 rings (SSSR count). The molecule has 0 saturated heterocycles. The van der Waals surface area contributed by atoms with Crippen LogP contribution in [0.2, 0.25) is 0 Å². The molecule has 0 saturated carbocycles. The van der Waals surface area contributed by atoms with E-state index in [4.69, 9.17) is 4.74 Å². The number of alkyl carbamates (subject to hydrolysis) is 1. The number of ether oxygens (including phenoxy) is 1. The van der Waals surface area contributed by atoms with Crippen LogP contribution in [0.4, 0.5) is 4.79 Å². The van der Waals surface area contributed by atoms with Gasteiger partial charge in [-0.2, -0.15) is 0 Å². The summed E-state index contributed by atoms with van der Waals surface area (Å²) in [5.74, 6) is 0. The third kappa shape index (κ3) is 5.04. The van der Waals surface area contributed by atoms with Crippen LogP contribution in [0.5, 0.6) is 0 Å². The SMILES string of the molecule is Cc1nc(C=CCNC(=O)OCc2ccccc2)sc1C. The zero-order valence-corrected chi connectivity index (χ0v) is 12.9. The van der Waals surface area contributed by atoms with Gasteiger partial charge in [-0.3, -0.25) is 0 Å². The van der Waals surface area contributed by atoms with Crippen molar-refractivity contribution in [3.63, 3.8) is 0 Å². The fourth-order valence-electron chi connectivity index (χ4n) is 1.64. The second-order valence-corrected chi connectivity index (χ2v) is 5.77. The summed E-state index contributed by atoms with van der Waals surface area (Å²) in [6.45, 7) is 4.73. The molecule has 1 amide bonds. The van der Waals surface area contributed by atoms with Crippen LogP contribution in [0.3, 0.4) is 0 Å². The van der Waals surface area contributed by atoms with Crippen LogP contribution < -0.4 is 5.32 Å². The van der Waals surface area contributed by atoms with E-state index in [1.54, 1.807) is 11.3 Å². The maximum atomic E-state index is 11.5. The standard InChI is InChI=1S/C16H18N2O2S/c1-12-13(2)21-15(18-12)9-6-10-17-16(19)20-11-14-7-4-3-5-8-14/h3-9H,10-11H2,1-2H3,(H,17,19). The molecule has 1 N–H and O–H groups in total. The molecule has 1 aromatic heterocycles. The summed E-state index contributed by atoms with van der Waals surface area (Å²) in [5.41, 5.74) is 2.02. The molecule has 0 spiro atoms. The molecule has 1 aromatic carbocycles. The molecule has 0 aliphatic carbocycles. The second kappa shape index (κ2) is 7.59. The molecule has 5 heteroatoms. The van der Waals surface area contributed by atoms with Crippen molar-refractivity contribution in [1.82, 2.24) is 10.3 Å². The van der Waals surface area contributed by atoms with E-state index < -0.39 is 6.09 Å². The number of hydrogen-bond donors (Lipinski definition) is 1. The first-order chi connectivity index (χ1) is 10.1. The van der Waals surface area contributed by atoms with Gasteiger partial charge in [0.15, 0.2) is 0 Å². The van der Waals surface area contributed by atoms with Gasteiger partial charge in [0.1, 0.15) is 11.6 Å². The van der Waals surface area contributed by atoms with Crippen LogP contribution in [0.15, 0.2) is 36.4 Å². The topological polar surface area (TPSA) is 51.2 Å². The van der Waals surface area contributed by atoms with Crippen molar-refractivity contribution in [3.8, 4) is 0 Å². The van der Waals surface area contributed by atoms with Gasteiger partial charge in [-0.1, -0.05) is 36.4 Å². The Morgan fingerprint density at radius 1 is 1.33 bits per heavy atom. The number of carbonyl (C=O) groups excluding carboxylic acids is 1. The summed E-state index contributed by atoms with van der Waals surface area (Å²) < 4.78 is 5.11. The minimum absolute atomic E-state index is 0.279. The summed E-state index contributed by atoms with van der Waals surface area (Å²) >= 11 is 1.64. The Morgan fingerprint density at radius 2 is 2.10 bits per heavy atom. The highest BCUT2D eigenvalue weighted by Gasteiger charge is 2.01. The van der Waals surface area contributed by atoms with E-state index in [0.29, 0.717) is 6.54 Å². The van der Waals surface area contributed by atoms with E-state index in [0.717, 1.165) is 16.3 Å². The van der Waals surface area contributed by atoms with E-state index in [2.05, 4.69) is 10.3 Å². The summed E-state index contributed by atoms with van der Waals surface area (Å²) in [6, 6.07) is 9.59. The van der Waals surface area contributed by atoms with Gasteiger partial charge in [0.2, 0.25) is 0 Å². The number of aryl methyl sites for hydroxylation is 2. The number of nitrogens with one attached hydrogen (secondary N) is 1. The van der Waals surface area contributed by atoms with Crippen molar-refractivity contribution in [3.05, 3.63) is 57.6 Å². The lowest BCUT2D eigenvalue weighted by Gasteiger charge is -2.04. The van der Waals surface area contributed by atoms with E-state index in [1.807, 2.05) is 56.3 Å². The molecule has 2 aromatic rings. The number of carbonyl (C=O) groups is 1. The Balaban J connectivity index is 1.69. The Morgan fingerprint density at radius 3 is 2.76 bits per heavy atom. The average Bonchev–Trinajstić information content (AvgIpc) is 2.81. The molecular formula is C16H18N2O2S. The largest absolute Gasteiger partial charge is 0.445 e. The highest BCUT2D eigenvalue weighted by molar-refractivity contribution is 7.12. The van der Waals surface area contributed by atoms with E-state index >= 15 is 0 Å². The lowest BCUT2D eigenvalue weighted by molar-refractivity contribution is 0.141. The van der Waals surface area contributed by atoms with Gasteiger partial charge in [0, 0.05) is 11.4 Å². The number of aromatic nitrogens is 1. The van der Waals surface area contributed by atoms with Crippen molar-refractivity contribution in [2.75, 3.05) is 6.54 Å². The number of benzene rings is 1. The molecule has 1 heterocycles. The van der Waals surface area contributed by atoms with Gasteiger partial charge in [-0.05, 0) is 25.5 Å². The molecule has 110 valence electrons. The minimum Gasteiger partial charge on any atom is -0.445 e. The average molecular weight is 302 g/mol. The number of thiazole rings is 1. The fraction of sp³-hybridized carbons (Fsp3) is 0.250. The van der Waals surface area contributed by atoms with Crippen LogP contribution in [-0.4, -0.2) is 17.6 Å². The molecule has 21 heavy (non-hydrogen) atoms. The van der Waals surface area contributed by atoms with Crippen LogP contribution in [0.1, 0.15) is 21.1 Å². The summed E-state index contributed by atoms with van der Waals surface area (Å²) in [5, 5.41) is 3.62. The first-order valence-electron chi connectivity index (χ1n) is 6.70. The van der Waals surface area contributed by atoms with Gasteiger partial charge < -0.3 is 10.1 Å². The Bertz CT molecular complexity index is 601. The monoisotopic (exact) mass is 302 g/mol. The Hall–Kier alpha value is -2.14. The summed E-state index contributed by atoms with van der Waals surface area (Å²) in [6.07, 6.45) is 3.35. The predicted octanol–water partition coefficient (Wildman–Crippen LogP) is 3.70. The van der Waals surface area contributed by atoms with Crippen molar-refractivity contribution in [2.24, 2.45) is 0 Å². The predicted molar refractivity (Wildman–Crippen MR) is 85.3 cm³/mol. The molecule has 0 aliphatic rings. The number of hydrogen-bond acceptors (Lipinski definition) is 4. The normalized spacial score (nSPS) is 10.8. The highest BCUT2D eigenvalue weighted by atomic mass is 32.1. The van der Waals surface area contributed by atoms with E-state index in [-0.39, 0.29) is 6.61 Å². The van der Waals surface area contributed by atoms with E-state index in [1.165, 1.54) is 4.88 Å². The van der Waals surface area contributed by atoms with Gasteiger partial charge in [0.05, 0.1) is 5.69 Å². The Kier molecular flexibility index (Phi) is 5.51. The van der Waals surface area contributed by atoms with Crippen LogP contribution in [0, 0.1) is 13.8 Å². The maximum absolute atomic E-state index is 11.5. The lowest BCUT2D eigenvalue weighted by Crippen LogP contribution is -2.24. The fourth-order valence-corrected chi connectivity index (χ4v) is 2.50. The highest BCUT2D eigenvalue weighted by Crippen LogP contribution is 2.17. The van der Waals surface area contributed by atoms with Crippen LogP contribution in [0.25, 0.3) is 6.08 Å². The van der Waals surface area contributed by atoms with Gasteiger partial charge in [-0.15, -0.1) is 11.3 Å². The van der Waals surface area contributed by atoms with Crippen LogP contribution in [-0.2, 0) is 11.3 Å². The van der Waals surface area contributed by atoms with Crippen molar-refractivity contribution in [2.45, 2.75) is 20.5 Å². The maximum Gasteiger partial charge on any atom is 0.407 e. The molecule has 4 nitrogen and oxygen atoms in total. The zero-order chi connectivity index (χ0) is 15.1. The van der Waals surface area contributed by atoms with Crippen molar-refractivity contribution < 1.29 is 9.53 Å². The first-order valence-corrected chi connectivity index (χ1v) is 7.52. The summed E-state index contributed by atoms with van der Waals surface area (Å²) in [4.78, 5) is 17.1. The smallest absolute Gasteiger partial charge is 0.407 e. The molecule has 0 unspecified atom stereocenters. The molecule has 0 aliphatic heterocycles. The third-order valence-electron chi connectivity index (χ3n) is 2.88. The van der Waals surface area contributed by atoms with Crippen LogP contribution >= 0.6 is 11.3 Å². The third-order valence-corrected chi connectivity index (χ3v) is 3.92. The number of nitrogens with zero attached hydrogens (tertiary/aromatic N) is 1. The molecule has 0 radical (unpaired) electrons. The number of rotatable bonds is 5. The minimum atomic E-state index is -0.421. The quantitative estimate of drug-likeness (QED) is 0.916. The van der Waals surface area contributed by atoms with E-state index in [9.17, 15) is 4.79 Å². The lowest BCUT2D eigenvalue weighted by atomic mass is 10.2. The van der Waals surface area contributed by atoms with Crippen molar-refractivity contribution in [1.29, 1.82) is 0 Å². The molecule has 0 bridgehead atoms. The summed E-state index contributed by atoms with van der Waals surface area (Å²) in [7, 11) is 0. The molecule has 0 fully saturated rings. The van der Waals surface area contributed by atoms with Gasteiger partial charge >= 0.3 is 6.09 Å². The van der Waals surface area contributed by atoms with Gasteiger partial charge in [0.25, 0.3) is 0 Å². The van der Waals surface area contributed by atoms with Gasteiger partial charge in [-0.25, -0.2) is 9.78 Å². The second-order valence-electron chi connectivity index (χ2n) is 4.54. The zero-order valence-electron chi connectivity index (χ0n) is 12.1. The first kappa shape index (κ1) is 15.3. The number of amides is 1. The Labute approximate surface area is 128 Å². The van der Waals surface area contributed by atoms with Crippen molar-refractivity contribution >= 4 is 23.5 Å².